The van der Waals surface area contributed by atoms with E-state index in [2.05, 4.69) is 15.9 Å². The van der Waals surface area contributed by atoms with Crippen molar-refractivity contribution in [1.29, 1.82) is 0 Å². The van der Waals surface area contributed by atoms with Crippen molar-refractivity contribution in [3.63, 3.8) is 0 Å². The van der Waals surface area contributed by atoms with Crippen LogP contribution in [0.5, 0.6) is 0 Å². The summed E-state index contributed by atoms with van der Waals surface area (Å²) in [5, 5.41) is 0. The van der Waals surface area contributed by atoms with Crippen molar-refractivity contribution < 1.29 is 9.13 Å². The van der Waals surface area contributed by atoms with Gasteiger partial charge in [0.2, 0.25) is 0 Å². The number of thioether (sulfide) groups is 1. The first-order chi connectivity index (χ1) is 10.1. The number of nitrogens with two attached hydrogens (primary N) is 1. The Morgan fingerprint density at radius 1 is 1.38 bits per heavy atom. The van der Waals surface area contributed by atoms with Gasteiger partial charge in [0.1, 0.15) is 5.82 Å². The lowest BCUT2D eigenvalue weighted by atomic mass is 9.77. The molecule has 2 aliphatic heterocycles. The molecular weight excluding hydrogens is 353 g/mol. The second-order valence-corrected chi connectivity index (χ2v) is 8.23. The minimum absolute atomic E-state index is 0.00235. The van der Waals surface area contributed by atoms with Crippen molar-refractivity contribution in [1.82, 2.24) is 0 Å². The summed E-state index contributed by atoms with van der Waals surface area (Å²) >= 11 is 5.29. The Morgan fingerprint density at radius 2 is 2.14 bits per heavy atom. The quantitative estimate of drug-likeness (QED) is 0.839. The Bertz CT molecular complexity index is 502. The van der Waals surface area contributed by atoms with Crippen LogP contribution in [0.3, 0.4) is 0 Å². The van der Waals surface area contributed by atoms with Gasteiger partial charge >= 0.3 is 0 Å². The smallest absolute Gasteiger partial charge is 0.129 e. The highest BCUT2D eigenvalue weighted by Gasteiger charge is 2.40. The number of ether oxygens (including phenoxy) is 1. The van der Waals surface area contributed by atoms with E-state index in [1.54, 1.807) is 0 Å². The van der Waals surface area contributed by atoms with Gasteiger partial charge in [0.05, 0.1) is 5.60 Å². The maximum absolute atomic E-state index is 14.1. The lowest BCUT2D eigenvalue weighted by Crippen LogP contribution is -2.45. The standard InChI is InChI=1S/C16H21BrFNOS/c17-12-1-2-13(14(18)9-12)15(19)11-3-6-20-16(10-11)4-7-21-8-5-16/h1-2,9,11,15H,3-8,10,19H2. The molecule has 5 heteroatoms. The number of hydrogen-bond acceptors (Lipinski definition) is 3. The van der Waals surface area contributed by atoms with Crippen LogP contribution in [0.1, 0.15) is 37.3 Å². The fourth-order valence-electron chi connectivity index (χ4n) is 3.49. The van der Waals surface area contributed by atoms with E-state index in [0.29, 0.717) is 11.5 Å². The molecule has 2 nitrogen and oxygen atoms in total. The van der Waals surface area contributed by atoms with Crippen LogP contribution in [-0.2, 0) is 4.74 Å². The molecule has 3 rings (SSSR count). The summed E-state index contributed by atoms with van der Waals surface area (Å²) in [5.41, 5.74) is 7.02. The summed E-state index contributed by atoms with van der Waals surface area (Å²) in [4.78, 5) is 0. The van der Waals surface area contributed by atoms with E-state index in [1.165, 1.54) is 6.07 Å². The molecule has 2 atom stereocenters. The fraction of sp³-hybridized carbons (Fsp3) is 0.625. The van der Waals surface area contributed by atoms with Crippen LogP contribution >= 0.6 is 27.7 Å². The van der Waals surface area contributed by atoms with Crippen LogP contribution in [0.15, 0.2) is 22.7 Å². The van der Waals surface area contributed by atoms with Crippen molar-refractivity contribution >= 4 is 27.7 Å². The van der Waals surface area contributed by atoms with Gasteiger partial charge in [-0.3, -0.25) is 0 Å². The highest BCUT2D eigenvalue weighted by Crippen LogP contribution is 2.43. The molecule has 2 N–H and O–H groups in total. The van der Waals surface area contributed by atoms with E-state index in [-0.39, 0.29) is 17.5 Å². The molecule has 2 unspecified atom stereocenters. The van der Waals surface area contributed by atoms with Gasteiger partial charge in [-0.1, -0.05) is 22.0 Å². The summed E-state index contributed by atoms with van der Waals surface area (Å²) in [6.45, 7) is 0.751. The third kappa shape index (κ3) is 3.46. The van der Waals surface area contributed by atoms with Crippen molar-refractivity contribution in [2.45, 2.75) is 37.3 Å². The molecule has 116 valence electrons. The zero-order chi connectivity index (χ0) is 14.9. The lowest BCUT2D eigenvalue weighted by molar-refractivity contribution is -0.106. The molecule has 0 aliphatic carbocycles. The number of hydrogen-bond donors (Lipinski definition) is 1. The van der Waals surface area contributed by atoms with Crippen molar-refractivity contribution in [2.24, 2.45) is 11.7 Å². The Kier molecular flexibility index (Phi) is 4.94. The second kappa shape index (κ2) is 6.57. The lowest BCUT2D eigenvalue weighted by Gasteiger charge is -2.44. The van der Waals surface area contributed by atoms with E-state index in [9.17, 15) is 4.39 Å². The average Bonchev–Trinajstić information content (AvgIpc) is 2.47. The Balaban J connectivity index is 1.76. The van der Waals surface area contributed by atoms with Gasteiger partial charge in [-0.05, 0) is 55.2 Å². The van der Waals surface area contributed by atoms with Crippen molar-refractivity contribution in [2.75, 3.05) is 18.1 Å². The molecule has 0 radical (unpaired) electrons. The van der Waals surface area contributed by atoms with Gasteiger partial charge in [-0.2, -0.15) is 11.8 Å². The largest absolute Gasteiger partial charge is 0.375 e. The van der Waals surface area contributed by atoms with Crippen LogP contribution in [0, 0.1) is 11.7 Å². The molecular formula is C16H21BrFNOS. The van der Waals surface area contributed by atoms with E-state index < -0.39 is 0 Å². The van der Waals surface area contributed by atoms with E-state index >= 15 is 0 Å². The normalized spacial score (nSPS) is 26.7. The molecule has 1 aromatic carbocycles. The highest BCUT2D eigenvalue weighted by atomic mass is 79.9. The van der Waals surface area contributed by atoms with Gasteiger partial charge in [-0.25, -0.2) is 4.39 Å². The summed E-state index contributed by atoms with van der Waals surface area (Å²) in [6, 6.07) is 4.93. The van der Waals surface area contributed by atoms with E-state index in [4.69, 9.17) is 10.5 Å². The zero-order valence-electron chi connectivity index (χ0n) is 12.0. The molecule has 0 bridgehead atoms. The van der Waals surface area contributed by atoms with Crippen LogP contribution in [0.4, 0.5) is 4.39 Å². The van der Waals surface area contributed by atoms with Crippen LogP contribution in [0.2, 0.25) is 0 Å². The van der Waals surface area contributed by atoms with Gasteiger partial charge in [0, 0.05) is 22.7 Å². The highest BCUT2D eigenvalue weighted by molar-refractivity contribution is 9.10. The Morgan fingerprint density at radius 3 is 2.86 bits per heavy atom. The molecule has 2 fully saturated rings. The molecule has 2 heterocycles. The van der Waals surface area contributed by atoms with Crippen molar-refractivity contribution in [3.05, 3.63) is 34.1 Å². The number of halogens is 2. The molecule has 1 aromatic rings. The van der Waals surface area contributed by atoms with Gasteiger partial charge < -0.3 is 10.5 Å². The molecule has 2 saturated heterocycles. The van der Waals surface area contributed by atoms with Gasteiger partial charge in [-0.15, -0.1) is 0 Å². The first kappa shape index (κ1) is 15.8. The monoisotopic (exact) mass is 373 g/mol. The molecule has 1 spiro atoms. The molecule has 21 heavy (non-hydrogen) atoms. The minimum atomic E-state index is -0.242. The van der Waals surface area contributed by atoms with Gasteiger partial charge in [0.25, 0.3) is 0 Å². The number of rotatable bonds is 2. The third-order valence-corrected chi connectivity index (χ3v) is 6.24. The van der Waals surface area contributed by atoms with Crippen LogP contribution in [-0.4, -0.2) is 23.7 Å². The maximum Gasteiger partial charge on any atom is 0.129 e. The second-order valence-electron chi connectivity index (χ2n) is 6.09. The zero-order valence-corrected chi connectivity index (χ0v) is 14.4. The topological polar surface area (TPSA) is 35.2 Å². The summed E-state index contributed by atoms with van der Waals surface area (Å²) in [6.07, 6.45) is 4.09. The fourth-order valence-corrected chi connectivity index (χ4v) is 5.06. The molecule has 2 aliphatic rings. The van der Waals surface area contributed by atoms with E-state index in [1.807, 2.05) is 23.9 Å². The first-order valence-electron chi connectivity index (χ1n) is 7.52. The van der Waals surface area contributed by atoms with E-state index in [0.717, 1.165) is 48.3 Å². The first-order valence-corrected chi connectivity index (χ1v) is 9.47. The third-order valence-electron chi connectivity index (χ3n) is 4.76. The molecule has 0 saturated carbocycles. The maximum atomic E-state index is 14.1. The summed E-state index contributed by atoms with van der Waals surface area (Å²) < 4.78 is 21.0. The predicted molar refractivity (Wildman–Crippen MR) is 89.0 cm³/mol. The predicted octanol–water partition coefficient (Wildman–Crippen LogP) is 4.28. The molecule has 0 amide bonds. The van der Waals surface area contributed by atoms with Crippen molar-refractivity contribution in [3.8, 4) is 0 Å². The minimum Gasteiger partial charge on any atom is -0.375 e. The SMILES string of the molecule is NC(c1ccc(Br)cc1F)C1CCOC2(CCSCC2)C1. The summed E-state index contributed by atoms with van der Waals surface area (Å²) in [7, 11) is 0. The molecule has 0 aromatic heterocycles. The van der Waals surface area contributed by atoms with Gasteiger partial charge in [0.15, 0.2) is 0 Å². The summed E-state index contributed by atoms with van der Waals surface area (Å²) in [5.74, 6) is 2.41. The average molecular weight is 374 g/mol. The number of benzene rings is 1. The Labute approximate surface area is 138 Å². The Hall–Kier alpha value is -0.100. The van der Waals surface area contributed by atoms with Crippen LogP contribution < -0.4 is 5.73 Å². The van der Waals surface area contributed by atoms with Crippen LogP contribution in [0.25, 0.3) is 0 Å².